The van der Waals surface area contributed by atoms with Crippen molar-refractivity contribution in [3.8, 4) is 17.2 Å². The van der Waals surface area contributed by atoms with Crippen LogP contribution >= 0.6 is 0 Å². The first-order chi connectivity index (χ1) is 33.3. The summed E-state index contributed by atoms with van der Waals surface area (Å²) in [4.78, 5) is 36.9. The summed E-state index contributed by atoms with van der Waals surface area (Å²) in [6.45, 7) is 11.7. The van der Waals surface area contributed by atoms with Crippen molar-refractivity contribution in [1.82, 2.24) is 19.6 Å². The number of rotatable bonds is 11. The Labute approximate surface area is 405 Å². The van der Waals surface area contributed by atoms with Gasteiger partial charge in [-0.2, -0.15) is 13.2 Å². The lowest BCUT2D eigenvalue weighted by molar-refractivity contribution is -0.384. The van der Waals surface area contributed by atoms with Crippen molar-refractivity contribution in [2.24, 2.45) is 16.7 Å². The molecule has 2 saturated heterocycles. The molecule has 1 unspecified atom stereocenters. The Balaban J connectivity index is 0.882. The second-order valence-corrected chi connectivity index (χ2v) is 23.0. The topological polar surface area (TPSA) is 172 Å². The van der Waals surface area contributed by atoms with Gasteiger partial charge in [-0.15, -0.1) is 0 Å². The number of aromatic nitrogens is 2. The maximum absolute atomic E-state index is 14.2. The van der Waals surface area contributed by atoms with Gasteiger partial charge < -0.3 is 24.7 Å². The average Bonchev–Trinajstić information content (AvgIpc) is 3.98. The fraction of sp³-hybridized carbons (Fsp3) is 0.500. The van der Waals surface area contributed by atoms with E-state index in [0.29, 0.717) is 36.8 Å². The summed E-state index contributed by atoms with van der Waals surface area (Å²) in [5, 5.41) is 15.5. The number of hydrogen-bond donors (Lipinski definition) is 3. The first-order valence-corrected chi connectivity index (χ1v) is 26.0. The number of nitrogens with one attached hydrogen (secondary N) is 3. The molecule has 10 rings (SSSR count). The number of amides is 1. The van der Waals surface area contributed by atoms with Crippen LogP contribution in [-0.2, 0) is 16.2 Å². The number of aromatic amines is 1. The predicted molar refractivity (Wildman–Crippen MR) is 260 cm³/mol. The minimum atomic E-state index is -4.78. The molecule has 0 radical (unpaired) electrons. The third-order valence-corrected chi connectivity index (χ3v) is 17.3. The standard InChI is InChI=1S/C52H60F3N7O7S/c1-31(2)37-8-5-6-9-38(37)43-10-7-19-61(43)34-26-51(27-34)17-20-60(21-18-51)33-11-12-39(45(22-33)69-35-23-40-41(52(53,54)55)29-57-48(40)56-28-35)49(63)59-70(66,67)36-24-44(62(64)65)47-46(25-36)68-30-42(58-47)32-13-15-50(3,4)16-14-32/h5-6,8-9,11-12,22-25,28-29,31-32,34,42-43,58H,7,10,13-21,26-27,30H2,1-4H3,(H,56,57)(H,59,63)/t42?,43-/m1/s1. The van der Waals surface area contributed by atoms with Gasteiger partial charge >= 0.3 is 6.18 Å². The molecule has 0 bridgehead atoms. The zero-order valence-electron chi connectivity index (χ0n) is 39.9. The highest BCUT2D eigenvalue weighted by atomic mass is 32.2. The number of pyridine rings is 1. The molecular weight excluding hydrogens is 924 g/mol. The number of carbonyl (C=O) groups excluding carboxylic acids is 1. The lowest BCUT2D eigenvalue weighted by atomic mass is 9.59. The molecule has 14 nitrogen and oxygen atoms in total. The molecule has 5 aromatic rings. The molecule has 2 saturated carbocycles. The van der Waals surface area contributed by atoms with E-state index in [1.165, 1.54) is 29.8 Å². The molecule has 18 heteroatoms. The maximum atomic E-state index is 14.2. The second-order valence-electron chi connectivity index (χ2n) is 21.3. The molecule has 5 heterocycles. The summed E-state index contributed by atoms with van der Waals surface area (Å²) >= 11 is 0. The van der Waals surface area contributed by atoms with Crippen molar-refractivity contribution in [2.45, 2.75) is 127 Å². The van der Waals surface area contributed by atoms with Crippen LogP contribution in [0.3, 0.4) is 0 Å². The molecule has 1 amide bonds. The fourth-order valence-corrected chi connectivity index (χ4v) is 13.0. The van der Waals surface area contributed by atoms with Crippen molar-refractivity contribution in [3.63, 3.8) is 0 Å². The highest BCUT2D eigenvalue weighted by Crippen LogP contribution is 2.55. The van der Waals surface area contributed by atoms with Crippen molar-refractivity contribution in [1.29, 1.82) is 0 Å². The van der Waals surface area contributed by atoms with Crippen LogP contribution in [0.15, 0.2) is 78.0 Å². The number of fused-ring (bicyclic) bond motifs is 2. The van der Waals surface area contributed by atoms with Crippen LogP contribution < -0.4 is 24.4 Å². The van der Waals surface area contributed by atoms with Crippen LogP contribution in [0.25, 0.3) is 11.0 Å². The molecule has 2 atom stereocenters. The second kappa shape index (κ2) is 18.1. The molecule has 372 valence electrons. The van der Waals surface area contributed by atoms with Gasteiger partial charge in [0, 0.05) is 60.6 Å². The summed E-state index contributed by atoms with van der Waals surface area (Å²) in [6, 6.07) is 17.5. The lowest BCUT2D eigenvalue weighted by Crippen LogP contribution is -2.54. The van der Waals surface area contributed by atoms with E-state index in [1.807, 2.05) is 0 Å². The van der Waals surface area contributed by atoms with Gasteiger partial charge in [0.05, 0.1) is 33.2 Å². The van der Waals surface area contributed by atoms with Crippen LogP contribution in [0.2, 0.25) is 0 Å². The molecule has 70 heavy (non-hydrogen) atoms. The minimum Gasteiger partial charge on any atom is -0.489 e. The monoisotopic (exact) mass is 983 g/mol. The van der Waals surface area contributed by atoms with Gasteiger partial charge in [-0.25, -0.2) is 18.1 Å². The number of piperidine rings is 1. The van der Waals surface area contributed by atoms with Crippen LogP contribution in [0.1, 0.15) is 131 Å². The molecule has 2 aromatic heterocycles. The number of sulfonamides is 1. The Morgan fingerprint density at radius 3 is 2.46 bits per heavy atom. The molecule has 3 N–H and O–H groups in total. The van der Waals surface area contributed by atoms with E-state index < -0.39 is 43.2 Å². The first kappa shape index (κ1) is 47.8. The molecule has 1 spiro atoms. The number of nitro benzene ring substituents is 1. The quantitative estimate of drug-likeness (QED) is 0.0849. The fourth-order valence-electron chi connectivity index (χ4n) is 12.0. The number of carbonyl (C=O) groups is 1. The van der Waals surface area contributed by atoms with Crippen LogP contribution in [0.4, 0.5) is 30.2 Å². The number of benzene rings is 3. The lowest BCUT2D eigenvalue weighted by Gasteiger charge is -2.56. The van der Waals surface area contributed by atoms with E-state index in [1.54, 1.807) is 12.1 Å². The maximum Gasteiger partial charge on any atom is 0.418 e. The molecule has 4 fully saturated rings. The smallest absolute Gasteiger partial charge is 0.418 e. The normalized spacial score (nSPS) is 21.8. The number of alkyl halides is 3. The molecule has 2 aliphatic carbocycles. The number of halogens is 3. The molecule has 5 aliphatic rings. The van der Waals surface area contributed by atoms with Gasteiger partial charge in [0.2, 0.25) is 0 Å². The van der Waals surface area contributed by atoms with Crippen LogP contribution in [-0.4, -0.2) is 72.4 Å². The summed E-state index contributed by atoms with van der Waals surface area (Å²) in [5.74, 6) is -0.725. The van der Waals surface area contributed by atoms with Crippen molar-refractivity contribution in [2.75, 3.05) is 36.5 Å². The summed E-state index contributed by atoms with van der Waals surface area (Å²) in [7, 11) is -4.78. The number of hydrogen-bond acceptors (Lipinski definition) is 11. The Kier molecular flexibility index (Phi) is 12.3. The highest BCUT2D eigenvalue weighted by Gasteiger charge is 2.50. The Morgan fingerprint density at radius 2 is 1.74 bits per heavy atom. The van der Waals surface area contributed by atoms with E-state index in [9.17, 15) is 36.5 Å². The van der Waals surface area contributed by atoms with Crippen LogP contribution in [0.5, 0.6) is 17.2 Å². The van der Waals surface area contributed by atoms with E-state index in [-0.39, 0.29) is 68.9 Å². The summed E-state index contributed by atoms with van der Waals surface area (Å²) in [6.07, 6.45) is 7.65. The van der Waals surface area contributed by atoms with Gasteiger partial charge in [0.25, 0.3) is 21.6 Å². The Morgan fingerprint density at radius 1 is 1.00 bits per heavy atom. The van der Waals surface area contributed by atoms with Crippen molar-refractivity contribution in [3.05, 3.63) is 105 Å². The van der Waals surface area contributed by atoms with Gasteiger partial charge in [-0.3, -0.25) is 19.8 Å². The summed E-state index contributed by atoms with van der Waals surface area (Å²) in [5.41, 5.74) is 2.31. The van der Waals surface area contributed by atoms with Gasteiger partial charge in [-0.1, -0.05) is 52.0 Å². The third-order valence-electron chi connectivity index (χ3n) is 16.0. The Bertz CT molecular complexity index is 2930. The van der Waals surface area contributed by atoms with Crippen LogP contribution in [0, 0.1) is 26.9 Å². The SMILES string of the molecule is CC(C)c1ccccc1[C@H]1CCCN1C1CC2(CCN(c3ccc(C(=O)NS(=O)(=O)c4cc5c(c([N+](=O)[O-])c4)NC(C4CCC(C)(C)CC4)CO5)c(Oc4cnc5[nH]cc(C(F)(F)F)c5c4)c3)CC2)C1. The van der Waals surface area contributed by atoms with E-state index in [2.05, 4.69) is 81.8 Å². The van der Waals surface area contributed by atoms with Gasteiger partial charge in [-0.05, 0) is 123 Å². The minimum absolute atomic E-state index is 0.0227. The van der Waals surface area contributed by atoms with Gasteiger partial charge in [0.15, 0.2) is 11.4 Å². The highest BCUT2D eigenvalue weighted by molar-refractivity contribution is 7.90. The number of nitro groups is 1. The van der Waals surface area contributed by atoms with E-state index in [0.717, 1.165) is 88.7 Å². The zero-order valence-corrected chi connectivity index (χ0v) is 40.7. The summed E-state index contributed by atoms with van der Waals surface area (Å²) < 4.78 is 84.2. The molecular formula is C52H60F3N7O7S. The number of H-pyrrole nitrogens is 1. The van der Waals surface area contributed by atoms with Gasteiger partial charge in [0.1, 0.15) is 23.8 Å². The van der Waals surface area contributed by atoms with Crippen molar-refractivity contribution >= 4 is 44.0 Å². The average molecular weight is 984 g/mol. The van der Waals surface area contributed by atoms with E-state index in [4.69, 9.17) is 9.47 Å². The van der Waals surface area contributed by atoms with E-state index >= 15 is 0 Å². The predicted octanol–water partition coefficient (Wildman–Crippen LogP) is 11.5. The third kappa shape index (κ3) is 9.28. The molecule has 3 aliphatic heterocycles. The largest absolute Gasteiger partial charge is 0.489 e. The van der Waals surface area contributed by atoms with Crippen molar-refractivity contribution < 1.29 is 40.8 Å². The number of likely N-dealkylation sites (tertiary alicyclic amines) is 1. The Hall–Kier alpha value is -5.88. The zero-order chi connectivity index (χ0) is 49.3. The first-order valence-electron chi connectivity index (χ1n) is 24.5. The molecule has 3 aromatic carbocycles. The number of nitrogens with zero attached hydrogens (tertiary/aromatic N) is 4. The number of ether oxygens (including phenoxy) is 2. The number of anilines is 2.